The fourth-order valence-corrected chi connectivity index (χ4v) is 9.64. The molecule has 2 atom stereocenters. The number of pyridine rings is 2. The summed E-state index contributed by atoms with van der Waals surface area (Å²) in [5.41, 5.74) is 3.28. The maximum Gasteiger partial charge on any atom is 0.214 e. The average Bonchev–Trinajstić information content (AvgIpc) is 3.62. The molecule has 0 aliphatic heterocycles. The number of rotatable bonds is 24. The molecule has 0 bridgehead atoms. The number of aromatic nitrogens is 6. The first-order valence-electron chi connectivity index (χ1n) is 19.0. The molecule has 0 N–H and O–H groups in total. The first kappa shape index (κ1) is 44.1. The van der Waals surface area contributed by atoms with Gasteiger partial charge in [0, 0.05) is 52.4 Å². The van der Waals surface area contributed by atoms with Gasteiger partial charge < -0.3 is 13.9 Å². The molecule has 0 aliphatic rings. The lowest BCUT2D eigenvalue weighted by Crippen LogP contribution is -2.45. The number of aryl methyl sites for hydroxylation is 4. The minimum Gasteiger partial charge on any atom is -0.381 e. The Kier molecular flexibility index (Phi) is 15.6. The van der Waals surface area contributed by atoms with E-state index < -0.39 is 32.1 Å². The second-order valence-electron chi connectivity index (χ2n) is 15.1. The smallest absolute Gasteiger partial charge is 0.214 e. The van der Waals surface area contributed by atoms with E-state index in [1.54, 1.807) is 24.8 Å². The maximum absolute atomic E-state index is 13.4. The van der Waals surface area contributed by atoms with Crippen molar-refractivity contribution < 1.29 is 31.2 Å². The Balaban J connectivity index is 1.27. The molecule has 17 heteroatoms. The number of Topliss-reactive ketones (excluding diaryl/α,β-unsaturated/α-hetero) is 2. The van der Waals surface area contributed by atoms with Crippen LogP contribution in [0, 0.1) is 25.7 Å². The lowest BCUT2D eigenvalue weighted by atomic mass is 9.99. The van der Waals surface area contributed by atoms with Crippen molar-refractivity contribution in [2.24, 2.45) is 11.8 Å². The molecule has 4 aromatic rings. The Hall–Kier alpha value is -3.64. The Morgan fingerprint density at radius 2 is 1.07 bits per heavy atom. The Bertz CT molecular complexity index is 1980. The van der Waals surface area contributed by atoms with E-state index in [0.29, 0.717) is 38.8 Å². The molecule has 0 saturated heterocycles. The molecule has 55 heavy (non-hydrogen) atoms. The van der Waals surface area contributed by atoms with Gasteiger partial charge in [0.15, 0.2) is 11.6 Å². The molecule has 0 amide bonds. The van der Waals surface area contributed by atoms with Crippen LogP contribution in [-0.2, 0) is 47.5 Å². The van der Waals surface area contributed by atoms with Gasteiger partial charge in [-0.15, -0.1) is 0 Å². The number of ether oxygens (including phenoxy) is 1. The molecule has 15 nitrogen and oxygen atoms in total. The minimum absolute atomic E-state index is 0.0117. The fraction of sp³-hybridized carbons (Fsp3) is 0.632. The topological polar surface area (TPSA) is 180 Å². The molecule has 0 saturated carbocycles. The van der Waals surface area contributed by atoms with Gasteiger partial charge in [0.2, 0.25) is 20.0 Å². The van der Waals surface area contributed by atoms with Crippen molar-refractivity contribution in [1.82, 2.24) is 37.7 Å². The molecule has 0 spiro atoms. The fourth-order valence-electron chi connectivity index (χ4n) is 6.89. The van der Waals surface area contributed by atoms with E-state index in [4.69, 9.17) is 4.74 Å². The number of fused-ring (bicyclic) bond motifs is 2. The maximum atomic E-state index is 13.4. The zero-order chi connectivity index (χ0) is 40.5. The van der Waals surface area contributed by atoms with Crippen LogP contribution in [0.2, 0.25) is 0 Å². The highest BCUT2D eigenvalue weighted by Gasteiger charge is 2.33. The second kappa shape index (κ2) is 19.5. The van der Waals surface area contributed by atoms with Gasteiger partial charge >= 0.3 is 0 Å². The molecular formula is C38H58N8O7S2. The zero-order valence-corrected chi connectivity index (χ0v) is 35.1. The third-order valence-corrected chi connectivity index (χ3v) is 13.8. The Morgan fingerprint density at radius 3 is 1.44 bits per heavy atom. The molecular weight excluding hydrogens is 745 g/mol. The summed E-state index contributed by atoms with van der Waals surface area (Å²) in [6.07, 6.45) is 8.07. The van der Waals surface area contributed by atoms with E-state index in [9.17, 15) is 26.4 Å². The number of carbonyl (C=O) groups excluding carboxylic acids is 2. The number of ketones is 2. The normalized spacial score (nSPS) is 13.9. The van der Waals surface area contributed by atoms with Crippen molar-refractivity contribution in [3.8, 4) is 0 Å². The van der Waals surface area contributed by atoms with Gasteiger partial charge in [0.25, 0.3) is 0 Å². The summed E-state index contributed by atoms with van der Waals surface area (Å²) < 4.78 is 65.8. The van der Waals surface area contributed by atoms with Gasteiger partial charge in [-0.25, -0.2) is 26.8 Å². The molecule has 0 aliphatic carbocycles. The van der Waals surface area contributed by atoms with E-state index >= 15 is 0 Å². The van der Waals surface area contributed by atoms with Crippen LogP contribution in [0.25, 0.3) is 22.1 Å². The summed E-state index contributed by atoms with van der Waals surface area (Å²) in [5.74, 6) is 0.911. The van der Waals surface area contributed by atoms with Crippen molar-refractivity contribution in [1.29, 1.82) is 0 Å². The minimum atomic E-state index is -3.76. The number of imidazole rings is 2. The number of hydrogen-bond acceptors (Lipinski definition) is 11. The van der Waals surface area contributed by atoms with Crippen molar-refractivity contribution in [3.63, 3.8) is 0 Å². The first-order chi connectivity index (χ1) is 25.9. The predicted molar refractivity (Wildman–Crippen MR) is 213 cm³/mol. The van der Waals surface area contributed by atoms with Gasteiger partial charge in [-0.05, 0) is 63.5 Å². The standard InChI is InChI=1S/C38H58N8O7S2/c1-27(2)23-35(43(7)54(49,50)21-9-17-45-29(5)41-31-25-39-15-11-33(31)45)37(47)13-19-53-20-14-38(48)36(24-28(3)4)44(8)55(51,52)22-10-18-46-30(6)42-32-26-40-16-12-34(32)46/h11-12,15-16,25-28,35-36H,9-10,13-14,17-24H2,1-8H3/t35-,36-/m0/s1. The van der Waals surface area contributed by atoms with Crippen molar-refractivity contribution in [2.45, 2.75) is 105 Å². The third-order valence-electron chi connectivity index (χ3n) is 9.92. The van der Waals surface area contributed by atoms with Gasteiger partial charge in [-0.1, -0.05) is 27.7 Å². The van der Waals surface area contributed by atoms with Gasteiger partial charge in [0.05, 0.1) is 60.2 Å². The summed E-state index contributed by atoms with van der Waals surface area (Å²) in [4.78, 5) is 44.1. The highest BCUT2D eigenvalue weighted by Crippen LogP contribution is 2.21. The third kappa shape index (κ3) is 11.7. The Labute approximate surface area is 326 Å². The van der Waals surface area contributed by atoms with E-state index in [1.807, 2.05) is 62.8 Å². The molecule has 304 valence electrons. The summed E-state index contributed by atoms with van der Waals surface area (Å²) >= 11 is 0. The SMILES string of the molecule is Cc1nc2cnccc2n1CCCS(=O)(=O)N(C)[C@@H](CC(C)C)C(=O)CCOCCC(=O)[C@H](CC(C)C)N(C)S(=O)(=O)CCCn1c(C)nc2cnccc21. The largest absolute Gasteiger partial charge is 0.381 e. The van der Waals surface area contributed by atoms with Crippen molar-refractivity contribution in [3.05, 3.63) is 48.6 Å². The van der Waals surface area contributed by atoms with Crippen LogP contribution in [0.5, 0.6) is 0 Å². The van der Waals surface area contributed by atoms with Crippen LogP contribution >= 0.6 is 0 Å². The number of carbonyl (C=O) groups is 2. The van der Waals surface area contributed by atoms with Gasteiger partial charge in [-0.2, -0.15) is 8.61 Å². The monoisotopic (exact) mass is 802 g/mol. The average molecular weight is 803 g/mol. The highest BCUT2D eigenvalue weighted by atomic mass is 32.2. The van der Waals surface area contributed by atoms with Crippen molar-refractivity contribution in [2.75, 3.05) is 38.8 Å². The van der Waals surface area contributed by atoms with Crippen LogP contribution in [0.4, 0.5) is 0 Å². The Morgan fingerprint density at radius 1 is 0.691 bits per heavy atom. The lowest BCUT2D eigenvalue weighted by Gasteiger charge is -2.28. The summed E-state index contributed by atoms with van der Waals surface area (Å²) in [7, 11) is -4.61. The molecule has 4 heterocycles. The zero-order valence-electron chi connectivity index (χ0n) is 33.5. The van der Waals surface area contributed by atoms with Crippen LogP contribution in [0.15, 0.2) is 36.9 Å². The molecule has 0 unspecified atom stereocenters. The van der Waals surface area contributed by atoms with E-state index in [1.165, 1.54) is 22.7 Å². The van der Waals surface area contributed by atoms with E-state index in [0.717, 1.165) is 33.7 Å². The summed E-state index contributed by atoms with van der Waals surface area (Å²) in [6, 6.07) is 2.01. The quantitative estimate of drug-likeness (QED) is 0.0907. The highest BCUT2D eigenvalue weighted by molar-refractivity contribution is 7.89. The van der Waals surface area contributed by atoms with Crippen LogP contribution in [0.1, 0.15) is 77.9 Å². The molecule has 0 aromatic carbocycles. The van der Waals surface area contributed by atoms with Crippen molar-refractivity contribution >= 4 is 53.7 Å². The predicted octanol–water partition coefficient (Wildman–Crippen LogP) is 4.56. The van der Waals surface area contributed by atoms with E-state index in [-0.39, 0.29) is 61.0 Å². The van der Waals surface area contributed by atoms with Crippen LogP contribution in [0.3, 0.4) is 0 Å². The summed E-state index contributed by atoms with van der Waals surface area (Å²) in [6.45, 7) is 12.4. The number of sulfonamides is 2. The van der Waals surface area contributed by atoms with Gasteiger partial charge in [0.1, 0.15) is 22.7 Å². The number of likely N-dealkylation sites (N-methyl/N-ethyl adjacent to an activating group) is 2. The first-order valence-corrected chi connectivity index (χ1v) is 22.2. The van der Waals surface area contributed by atoms with Crippen LogP contribution in [-0.4, -0.2) is 117 Å². The number of hydrogen-bond donors (Lipinski definition) is 0. The molecule has 0 fully saturated rings. The van der Waals surface area contributed by atoms with Gasteiger partial charge in [-0.3, -0.25) is 19.6 Å². The molecule has 0 radical (unpaired) electrons. The number of nitrogens with zero attached hydrogens (tertiary/aromatic N) is 8. The molecule has 4 aromatic heterocycles. The molecule has 4 rings (SSSR count). The second-order valence-corrected chi connectivity index (χ2v) is 19.4. The van der Waals surface area contributed by atoms with E-state index in [2.05, 4.69) is 19.9 Å². The lowest BCUT2D eigenvalue weighted by molar-refractivity contribution is -0.124. The van der Waals surface area contributed by atoms with Crippen LogP contribution < -0.4 is 0 Å². The summed E-state index contributed by atoms with van der Waals surface area (Å²) in [5, 5.41) is 0.